The van der Waals surface area contributed by atoms with Crippen LogP contribution in [-0.4, -0.2) is 25.8 Å². The van der Waals surface area contributed by atoms with Crippen LogP contribution in [0.3, 0.4) is 0 Å². The molecule has 0 heterocycles. The van der Waals surface area contributed by atoms with Gasteiger partial charge in [0.05, 0.1) is 19.3 Å². The van der Waals surface area contributed by atoms with E-state index in [1.54, 1.807) is 6.92 Å². The average Bonchev–Trinajstić information content (AvgIpc) is 2.30. The molecule has 1 atom stereocenters. The van der Waals surface area contributed by atoms with Crippen LogP contribution in [0.2, 0.25) is 0 Å². The van der Waals surface area contributed by atoms with Gasteiger partial charge in [-0.05, 0) is 24.6 Å². The number of benzene rings is 1. The number of ether oxygens (including phenoxy) is 2. The highest BCUT2D eigenvalue weighted by Crippen LogP contribution is 2.15. The summed E-state index contributed by atoms with van der Waals surface area (Å²) < 4.78 is 10.9. The largest absolute Gasteiger partial charge is 0.464 e. The van der Waals surface area contributed by atoms with Crippen LogP contribution in [0.4, 0.5) is 0 Å². The number of carbonyl (C=O) groups is 1. The van der Waals surface area contributed by atoms with E-state index >= 15 is 0 Å². The number of esters is 1. The second kappa shape index (κ2) is 7.42. The summed E-state index contributed by atoms with van der Waals surface area (Å²) in [5, 5.41) is 0. The van der Waals surface area contributed by atoms with Gasteiger partial charge < -0.3 is 15.2 Å². The molecule has 0 fully saturated rings. The Morgan fingerprint density at radius 3 is 2.65 bits per heavy atom. The lowest BCUT2D eigenvalue weighted by molar-refractivity contribution is -0.148. The van der Waals surface area contributed by atoms with E-state index in [-0.39, 0.29) is 18.6 Å². The third kappa shape index (κ3) is 5.30. The van der Waals surface area contributed by atoms with Gasteiger partial charge in [-0.15, -0.1) is 0 Å². The van der Waals surface area contributed by atoms with E-state index < -0.39 is 0 Å². The summed E-state index contributed by atoms with van der Waals surface area (Å²) in [4.78, 5) is 11.0. The van der Waals surface area contributed by atoms with Crippen molar-refractivity contribution >= 4 is 21.9 Å². The first kappa shape index (κ1) is 14.2. The number of carbonyl (C=O) groups excluding carboxylic acids is 1. The van der Waals surface area contributed by atoms with Crippen LogP contribution in [0.15, 0.2) is 28.7 Å². The summed E-state index contributed by atoms with van der Waals surface area (Å²) in [5.74, 6) is -0.365. The molecule has 4 nitrogen and oxygen atoms in total. The van der Waals surface area contributed by atoms with Crippen LogP contribution in [-0.2, 0) is 14.3 Å². The third-order valence-electron chi connectivity index (χ3n) is 2.12. The van der Waals surface area contributed by atoms with Gasteiger partial charge >= 0.3 is 5.97 Å². The molecule has 1 aromatic carbocycles. The molecule has 0 aromatic heterocycles. The topological polar surface area (TPSA) is 61.5 Å². The Bertz CT molecular complexity index is 353. The van der Waals surface area contributed by atoms with Crippen molar-refractivity contribution in [3.63, 3.8) is 0 Å². The van der Waals surface area contributed by atoms with Crippen molar-refractivity contribution in [3.8, 4) is 0 Å². The Hall–Kier alpha value is -0.910. The maximum absolute atomic E-state index is 11.0. The van der Waals surface area contributed by atoms with Gasteiger partial charge in [-0.3, -0.25) is 0 Å². The minimum atomic E-state index is -0.365. The predicted octanol–water partition coefficient (Wildman–Crippen LogP) is 2.03. The molecule has 0 saturated carbocycles. The molecule has 0 radical (unpaired) electrons. The molecule has 0 aliphatic rings. The van der Waals surface area contributed by atoms with Crippen LogP contribution in [0, 0.1) is 0 Å². The van der Waals surface area contributed by atoms with Crippen molar-refractivity contribution in [1.29, 1.82) is 0 Å². The Morgan fingerprint density at radius 1 is 1.41 bits per heavy atom. The van der Waals surface area contributed by atoms with E-state index in [0.29, 0.717) is 13.2 Å². The summed E-state index contributed by atoms with van der Waals surface area (Å²) in [6.07, 6.45) is 0. The number of hydrogen-bond acceptors (Lipinski definition) is 4. The zero-order valence-electron chi connectivity index (χ0n) is 9.69. The predicted molar refractivity (Wildman–Crippen MR) is 68.5 cm³/mol. The summed E-state index contributed by atoms with van der Waals surface area (Å²) in [7, 11) is 0. The van der Waals surface area contributed by atoms with Crippen LogP contribution in [0.25, 0.3) is 0 Å². The second-order valence-electron chi connectivity index (χ2n) is 3.48. The average molecular weight is 302 g/mol. The van der Waals surface area contributed by atoms with Gasteiger partial charge in [0, 0.05) is 4.47 Å². The molecule has 2 N–H and O–H groups in total. The summed E-state index contributed by atoms with van der Waals surface area (Å²) in [5.41, 5.74) is 6.88. The number of rotatable bonds is 6. The molecule has 0 unspecified atom stereocenters. The first-order valence-electron chi connectivity index (χ1n) is 5.38. The zero-order chi connectivity index (χ0) is 12.7. The number of halogens is 1. The fourth-order valence-electron chi connectivity index (χ4n) is 1.28. The number of nitrogens with two attached hydrogens (primary N) is 1. The lowest BCUT2D eigenvalue weighted by atomic mass is 10.1. The van der Waals surface area contributed by atoms with Gasteiger partial charge in [-0.2, -0.15) is 0 Å². The van der Waals surface area contributed by atoms with Crippen molar-refractivity contribution in [2.45, 2.75) is 13.0 Å². The first-order chi connectivity index (χ1) is 8.13. The molecule has 1 rings (SSSR count). The molecule has 0 bridgehead atoms. The zero-order valence-corrected chi connectivity index (χ0v) is 11.3. The van der Waals surface area contributed by atoms with Crippen LogP contribution < -0.4 is 5.73 Å². The van der Waals surface area contributed by atoms with Crippen molar-refractivity contribution in [3.05, 3.63) is 34.3 Å². The SMILES string of the molecule is CCOC(=O)COC[C@H](N)c1ccc(Br)cc1. The van der Waals surface area contributed by atoms with E-state index in [0.717, 1.165) is 10.0 Å². The smallest absolute Gasteiger partial charge is 0.332 e. The monoisotopic (exact) mass is 301 g/mol. The van der Waals surface area contributed by atoms with Crippen LogP contribution in [0.1, 0.15) is 18.5 Å². The Kier molecular flexibility index (Phi) is 6.18. The number of hydrogen-bond donors (Lipinski definition) is 1. The van der Waals surface area contributed by atoms with E-state index in [9.17, 15) is 4.79 Å². The Balaban J connectivity index is 2.32. The van der Waals surface area contributed by atoms with Gasteiger partial charge in [0.2, 0.25) is 0 Å². The Labute approximate surface area is 109 Å². The molecule has 0 spiro atoms. The van der Waals surface area contributed by atoms with Gasteiger partial charge in [0.15, 0.2) is 0 Å². The van der Waals surface area contributed by atoms with Crippen molar-refractivity contribution in [2.24, 2.45) is 5.73 Å². The first-order valence-corrected chi connectivity index (χ1v) is 6.17. The van der Waals surface area contributed by atoms with Gasteiger partial charge in [0.1, 0.15) is 6.61 Å². The highest BCUT2D eigenvalue weighted by Gasteiger charge is 2.08. The molecule has 0 aliphatic heterocycles. The minimum absolute atomic E-state index is 0.0575. The van der Waals surface area contributed by atoms with Crippen LogP contribution >= 0.6 is 15.9 Å². The van der Waals surface area contributed by atoms with Crippen molar-refractivity contribution in [1.82, 2.24) is 0 Å². The summed E-state index contributed by atoms with van der Waals surface area (Å²) in [6.45, 7) is 2.35. The molecule has 17 heavy (non-hydrogen) atoms. The fourth-order valence-corrected chi connectivity index (χ4v) is 1.54. The molecule has 0 amide bonds. The lowest BCUT2D eigenvalue weighted by Gasteiger charge is -2.12. The van der Waals surface area contributed by atoms with E-state index in [4.69, 9.17) is 15.2 Å². The molecule has 0 aliphatic carbocycles. The minimum Gasteiger partial charge on any atom is -0.464 e. The normalized spacial score (nSPS) is 12.2. The molecular weight excluding hydrogens is 286 g/mol. The van der Waals surface area contributed by atoms with E-state index in [1.807, 2.05) is 24.3 Å². The molecular formula is C12H16BrNO3. The van der Waals surface area contributed by atoms with Crippen molar-refractivity contribution < 1.29 is 14.3 Å². The second-order valence-corrected chi connectivity index (χ2v) is 4.39. The molecule has 5 heteroatoms. The molecule has 0 saturated heterocycles. The van der Waals surface area contributed by atoms with Crippen LogP contribution in [0.5, 0.6) is 0 Å². The highest BCUT2D eigenvalue weighted by molar-refractivity contribution is 9.10. The van der Waals surface area contributed by atoms with Crippen molar-refractivity contribution in [2.75, 3.05) is 19.8 Å². The standard InChI is InChI=1S/C12H16BrNO3/c1-2-17-12(15)8-16-7-11(14)9-3-5-10(13)6-4-9/h3-6,11H,2,7-8,14H2,1H3/t11-/m0/s1. The van der Waals surface area contributed by atoms with Gasteiger partial charge in [-0.25, -0.2) is 4.79 Å². The summed E-state index contributed by atoms with van der Waals surface area (Å²) >= 11 is 3.35. The third-order valence-corrected chi connectivity index (χ3v) is 2.65. The maximum atomic E-state index is 11.0. The quantitative estimate of drug-likeness (QED) is 0.817. The molecule has 94 valence electrons. The highest BCUT2D eigenvalue weighted by atomic mass is 79.9. The lowest BCUT2D eigenvalue weighted by Crippen LogP contribution is -2.20. The van der Waals surface area contributed by atoms with E-state index in [1.165, 1.54) is 0 Å². The van der Waals surface area contributed by atoms with Gasteiger partial charge in [-0.1, -0.05) is 28.1 Å². The van der Waals surface area contributed by atoms with Gasteiger partial charge in [0.25, 0.3) is 0 Å². The van der Waals surface area contributed by atoms with E-state index in [2.05, 4.69) is 15.9 Å². The fraction of sp³-hybridized carbons (Fsp3) is 0.417. The molecule has 1 aromatic rings. The Morgan fingerprint density at radius 2 is 2.06 bits per heavy atom. The summed E-state index contributed by atoms with van der Waals surface area (Å²) in [6, 6.07) is 7.43. The maximum Gasteiger partial charge on any atom is 0.332 e.